The summed E-state index contributed by atoms with van der Waals surface area (Å²) >= 11 is 7.28. The van der Waals surface area contributed by atoms with Crippen molar-refractivity contribution in [2.45, 2.75) is 6.04 Å². The number of benzene rings is 1. The summed E-state index contributed by atoms with van der Waals surface area (Å²) in [4.78, 5) is 4.50. The van der Waals surface area contributed by atoms with Gasteiger partial charge in [-0.3, -0.25) is 9.71 Å². The van der Waals surface area contributed by atoms with Crippen molar-refractivity contribution in [2.75, 3.05) is 12.0 Å². The number of nitrogens with one attached hydrogen (secondary N) is 1. The number of aliphatic imine (C=N–C) groups is 1. The largest absolute Gasteiger partial charge is 0.292 e. The maximum absolute atomic E-state index is 12.1. The maximum atomic E-state index is 12.1. The van der Waals surface area contributed by atoms with Gasteiger partial charge in [0.2, 0.25) is 0 Å². The van der Waals surface area contributed by atoms with E-state index in [4.69, 9.17) is 11.6 Å². The highest BCUT2D eigenvalue weighted by molar-refractivity contribution is 8.15. The van der Waals surface area contributed by atoms with Gasteiger partial charge in [-0.1, -0.05) is 35.5 Å². The molecule has 0 saturated carbocycles. The van der Waals surface area contributed by atoms with E-state index in [0.29, 0.717) is 15.9 Å². The lowest BCUT2D eigenvalue weighted by molar-refractivity contribution is 0.666. The molecule has 2 atom stereocenters. The van der Waals surface area contributed by atoms with E-state index in [0.717, 1.165) is 5.56 Å². The Bertz CT molecular complexity index is 537. The topological polar surface area (TPSA) is 41.5 Å². The van der Waals surface area contributed by atoms with Gasteiger partial charge in [0.25, 0.3) is 0 Å². The van der Waals surface area contributed by atoms with Crippen LogP contribution in [-0.2, 0) is 9.71 Å². The lowest BCUT2D eigenvalue weighted by Gasteiger charge is -2.24. The molecule has 3 nitrogen and oxygen atoms in total. The molecule has 0 aromatic heterocycles. The molecule has 92 valence electrons. The lowest BCUT2D eigenvalue weighted by Crippen LogP contribution is -2.37. The Labute approximate surface area is 111 Å². The van der Waals surface area contributed by atoms with Crippen molar-refractivity contribution < 1.29 is 4.21 Å². The number of amidine groups is 1. The molecule has 1 heterocycles. The normalized spacial score (nSPS) is 28.4. The van der Waals surface area contributed by atoms with Gasteiger partial charge < -0.3 is 0 Å². The lowest BCUT2D eigenvalue weighted by atomic mass is 10.1. The molecular formula is C11H13ClN2OS2. The molecule has 0 spiro atoms. The summed E-state index contributed by atoms with van der Waals surface area (Å²) in [6.07, 6.45) is 1.89. The first-order valence-electron chi connectivity index (χ1n) is 5.00. The van der Waals surface area contributed by atoms with Gasteiger partial charge in [0, 0.05) is 14.7 Å². The highest BCUT2D eigenvalue weighted by Gasteiger charge is 2.22. The van der Waals surface area contributed by atoms with Gasteiger partial charge in [-0.05, 0) is 29.8 Å². The molecule has 0 bridgehead atoms. The number of hydrogen-bond donors (Lipinski definition) is 1. The first-order chi connectivity index (χ1) is 8.00. The van der Waals surface area contributed by atoms with Crippen LogP contribution in [0, 0.1) is 0 Å². The highest BCUT2D eigenvalue weighted by atomic mass is 35.5. The third-order valence-corrected chi connectivity index (χ3v) is 4.82. The van der Waals surface area contributed by atoms with Crippen LogP contribution in [0.1, 0.15) is 11.6 Å². The summed E-state index contributed by atoms with van der Waals surface area (Å²) in [6, 6.07) is 7.35. The number of hydrogen-bond acceptors (Lipinski definition) is 3. The van der Waals surface area contributed by atoms with E-state index in [1.807, 2.05) is 30.5 Å². The molecule has 1 aliphatic rings. The molecule has 17 heavy (non-hydrogen) atoms. The van der Waals surface area contributed by atoms with Gasteiger partial charge in [-0.15, -0.1) is 0 Å². The number of nitrogens with zero attached hydrogens (tertiary/aromatic N) is 1. The van der Waals surface area contributed by atoms with Crippen LogP contribution in [0.25, 0.3) is 0 Å². The monoisotopic (exact) mass is 288 g/mol. The van der Waals surface area contributed by atoms with Crippen LogP contribution < -0.4 is 4.72 Å². The predicted octanol–water partition coefficient (Wildman–Crippen LogP) is 2.33. The van der Waals surface area contributed by atoms with E-state index >= 15 is 0 Å². The van der Waals surface area contributed by atoms with Crippen molar-refractivity contribution in [1.82, 2.24) is 4.72 Å². The van der Waals surface area contributed by atoms with E-state index in [-0.39, 0.29) is 6.04 Å². The zero-order valence-corrected chi connectivity index (χ0v) is 11.7. The average Bonchev–Trinajstić information content (AvgIpc) is 2.27. The Balaban J connectivity index is 2.35. The standard InChI is InChI=1S/C11H13ClN2OS2/c1-16-11-13-10(7-17(2,15)14-11)8-3-5-9(12)6-4-8/h3-6,10H,2,7H2,1H3,(H,13,14,15). The summed E-state index contributed by atoms with van der Waals surface area (Å²) in [5, 5.41) is 1.36. The SMILES string of the molecule is C=S1(=O)CC(c2ccc(Cl)cc2)N=C(SC)N1. The van der Waals surface area contributed by atoms with Crippen molar-refractivity contribution >= 4 is 44.1 Å². The second kappa shape index (κ2) is 4.92. The molecular weight excluding hydrogens is 276 g/mol. The van der Waals surface area contributed by atoms with Crippen molar-refractivity contribution in [1.29, 1.82) is 0 Å². The van der Waals surface area contributed by atoms with Gasteiger partial charge in [0.15, 0.2) is 5.17 Å². The third kappa shape index (κ3) is 3.18. The van der Waals surface area contributed by atoms with Crippen LogP contribution in [-0.4, -0.2) is 27.3 Å². The maximum Gasteiger partial charge on any atom is 0.168 e. The zero-order valence-electron chi connectivity index (χ0n) is 9.35. The molecule has 1 aromatic carbocycles. The van der Waals surface area contributed by atoms with E-state index < -0.39 is 9.71 Å². The number of thioether (sulfide) groups is 1. The van der Waals surface area contributed by atoms with Crippen molar-refractivity contribution in [3.05, 3.63) is 34.9 Å². The number of rotatable bonds is 1. The fourth-order valence-corrected chi connectivity index (χ4v) is 3.99. The molecule has 1 aromatic rings. The molecule has 0 radical (unpaired) electrons. The average molecular weight is 289 g/mol. The minimum absolute atomic E-state index is 0.110. The van der Waals surface area contributed by atoms with E-state index in [1.165, 1.54) is 11.8 Å². The fraction of sp³-hybridized carbons (Fsp3) is 0.273. The van der Waals surface area contributed by atoms with Gasteiger partial charge in [-0.2, -0.15) is 0 Å². The molecule has 1 aliphatic heterocycles. The van der Waals surface area contributed by atoms with Gasteiger partial charge in [0.1, 0.15) is 0 Å². The van der Waals surface area contributed by atoms with Gasteiger partial charge in [0.05, 0.1) is 11.8 Å². The second-order valence-electron chi connectivity index (χ2n) is 3.79. The number of halogens is 1. The van der Waals surface area contributed by atoms with Crippen molar-refractivity contribution in [3.63, 3.8) is 0 Å². The molecule has 0 fully saturated rings. The summed E-state index contributed by atoms with van der Waals surface area (Å²) < 4.78 is 14.9. The zero-order chi connectivity index (χ0) is 12.5. The van der Waals surface area contributed by atoms with Gasteiger partial charge >= 0.3 is 0 Å². The molecule has 0 saturated heterocycles. The molecule has 2 unspecified atom stereocenters. The van der Waals surface area contributed by atoms with Gasteiger partial charge in [-0.25, -0.2) is 4.21 Å². The van der Waals surface area contributed by atoms with Crippen LogP contribution in [0.5, 0.6) is 0 Å². The van der Waals surface area contributed by atoms with Crippen LogP contribution in [0.15, 0.2) is 29.3 Å². The summed E-state index contributed by atoms with van der Waals surface area (Å²) in [7, 11) is -2.29. The van der Waals surface area contributed by atoms with E-state index in [2.05, 4.69) is 15.6 Å². The third-order valence-electron chi connectivity index (χ3n) is 2.42. The van der Waals surface area contributed by atoms with Crippen LogP contribution in [0.3, 0.4) is 0 Å². The molecule has 0 amide bonds. The Hall–Kier alpha value is -0.650. The van der Waals surface area contributed by atoms with Crippen LogP contribution in [0.2, 0.25) is 5.02 Å². The first-order valence-corrected chi connectivity index (χ1v) is 8.50. The smallest absolute Gasteiger partial charge is 0.168 e. The van der Waals surface area contributed by atoms with Crippen molar-refractivity contribution in [2.24, 2.45) is 4.99 Å². The molecule has 1 N–H and O–H groups in total. The van der Waals surface area contributed by atoms with Crippen molar-refractivity contribution in [3.8, 4) is 0 Å². The molecule has 6 heteroatoms. The minimum Gasteiger partial charge on any atom is -0.292 e. The Morgan fingerprint density at radius 2 is 2.18 bits per heavy atom. The predicted molar refractivity (Wildman–Crippen MR) is 78.4 cm³/mol. The van der Waals surface area contributed by atoms with E-state index in [9.17, 15) is 4.21 Å². The Morgan fingerprint density at radius 1 is 1.53 bits per heavy atom. The molecule has 0 aliphatic carbocycles. The summed E-state index contributed by atoms with van der Waals surface area (Å²) in [5.41, 5.74) is 1.01. The molecule has 2 rings (SSSR count). The Morgan fingerprint density at radius 3 is 2.76 bits per heavy atom. The van der Waals surface area contributed by atoms with E-state index in [1.54, 1.807) is 0 Å². The highest BCUT2D eigenvalue weighted by Crippen LogP contribution is 2.25. The van der Waals surface area contributed by atoms with Crippen LogP contribution in [0.4, 0.5) is 0 Å². The summed E-state index contributed by atoms with van der Waals surface area (Å²) in [5.74, 6) is 4.13. The summed E-state index contributed by atoms with van der Waals surface area (Å²) in [6.45, 7) is 0. The minimum atomic E-state index is -2.29. The quantitative estimate of drug-likeness (QED) is 0.806. The van der Waals surface area contributed by atoms with Crippen LogP contribution >= 0.6 is 23.4 Å². The fourth-order valence-electron chi connectivity index (χ4n) is 1.61. The Kier molecular flexibility index (Phi) is 3.70. The first kappa shape index (κ1) is 12.8. The second-order valence-corrected chi connectivity index (χ2v) is 7.18.